The molecule has 0 bridgehead atoms. The molecule has 1 aromatic rings. The van der Waals surface area contributed by atoms with E-state index in [9.17, 15) is 4.79 Å². The van der Waals surface area contributed by atoms with Crippen LogP contribution in [0.15, 0.2) is 22.7 Å². The number of rotatable bonds is 3. The standard InChI is InChI=1S/C15H21BrN2O2/c1-10-4-3-7-15(17,9-10)14(19)18-13-8-11(20-2)5-6-12(13)16/h5-6,8,10H,3-4,7,9,17H2,1-2H3,(H,18,19). The minimum atomic E-state index is -0.764. The number of amides is 1. The Bertz CT molecular complexity index is 507. The molecule has 0 saturated heterocycles. The summed E-state index contributed by atoms with van der Waals surface area (Å²) in [6, 6.07) is 5.47. The van der Waals surface area contributed by atoms with Gasteiger partial charge in [0.05, 0.1) is 18.3 Å². The molecule has 1 fully saturated rings. The largest absolute Gasteiger partial charge is 0.497 e. The number of hydrogen-bond acceptors (Lipinski definition) is 3. The van der Waals surface area contributed by atoms with E-state index in [4.69, 9.17) is 10.5 Å². The normalized spacial score (nSPS) is 26.1. The summed E-state index contributed by atoms with van der Waals surface area (Å²) < 4.78 is 5.99. The molecule has 0 aromatic heterocycles. The number of carbonyl (C=O) groups is 1. The molecular formula is C15H21BrN2O2. The molecule has 5 heteroatoms. The topological polar surface area (TPSA) is 64.3 Å². The Morgan fingerprint density at radius 3 is 2.95 bits per heavy atom. The van der Waals surface area contributed by atoms with Crippen LogP contribution in [0.5, 0.6) is 5.75 Å². The van der Waals surface area contributed by atoms with E-state index in [1.165, 1.54) is 0 Å². The van der Waals surface area contributed by atoms with Crippen LogP contribution in [0.3, 0.4) is 0 Å². The van der Waals surface area contributed by atoms with Crippen molar-refractivity contribution >= 4 is 27.5 Å². The van der Waals surface area contributed by atoms with Gasteiger partial charge in [-0.25, -0.2) is 0 Å². The van der Waals surface area contributed by atoms with Crippen molar-refractivity contribution in [1.82, 2.24) is 0 Å². The van der Waals surface area contributed by atoms with Gasteiger partial charge in [0.25, 0.3) is 0 Å². The summed E-state index contributed by atoms with van der Waals surface area (Å²) in [6.07, 6.45) is 3.63. The van der Waals surface area contributed by atoms with Gasteiger partial charge in [0.15, 0.2) is 0 Å². The third kappa shape index (κ3) is 3.33. The van der Waals surface area contributed by atoms with Crippen LogP contribution in [0.2, 0.25) is 0 Å². The molecule has 1 aromatic carbocycles. The number of halogens is 1. The molecule has 1 amide bonds. The summed E-state index contributed by atoms with van der Waals surface area (Å²) in [5, 5.41) is 2.92. The second-order valence-electron chi connectivity index (χ2n) is 5.66. The van der Waals surface area contributed by atoms with E-state index in [1.54, 1.807) is 13.2 Å². The quantitative estimate of drug-likeness (QED) is 0.887. The molecule has 0 heterocycles. The van der Waals surface area contributed by atoms with E-state index in [-0.39, 0.29) is 5.91 Å². The van der Waals surface area contributed by atoms with E-state index in [0.29, 0.717) is 17.4 Å². The molecule has 110 valence electrons. The number of ether oxygens (including phenoxy) is 1. The van der Waals surface area contributed by atoms with Crippen LogP contribution in [0.1, 0.15) is 32.6 Å². The summed E-state index contributed by atoms with van der Waals surface area (Å²) in [6.45, 7) is 2.15. The van der Waals surface area contributed by atoms with Gasteiger partial charge in [-0.1, -0.05) is 19.8 Å². The average molecular weight is 341 g/mol. The third-order valence-electron chi connectivity index (χ3n) is 3.91. The van der Waals surface area contributed by atoms with Crippen molar-refractivity contribution in [1.29, 1.82) is 0 Å². The molecule has 1 saturated carbocycles. The van der Waals surface area contributed by atoms with Crippen molar-refractivity contribution in [2.75, 3.05) is 12.4 Å². The number of anilines is 1. The Hall–Kier alpha value is -1.07. The van der Waals surface area contributed by atoms with Crippen molar-refractivity contribution in [3.63, 3.8) is 0 Å². The first-order valence-electron chi connectivity index (χ1n) is 6.88. The van der Waals surface area contributed by atoms with Crippen molar-refractivity contribution < 1.29 is 9.53 Å². The van der Waals surface area contributed by atoms with Crippen LogP contribution in [-0.4, -0.2) is 18.6 Å². The second-order valence-corrected chi connectivity index (χ2v) is 6.51. The molecule has 0 spiro atoms. The highest BCUT2D eigenvalue weighted by Crippen LogP contribution is 2.33. The molecule has 1 aliphatic carbocycles. The van der Waals surface area contributed by atoms with E-state index >= 15 is 0 Å². The number of nitrogens with two attached hydrogens (primary N) is 1. The lowest BCUT2D eigenvalue weighted by Crippen LogP contribution is -2.53. The fourth-order valence-electron chi connectivity index (χ4n) is 2.77. The van der Waals surface area contributed by atoms with E-state index in [0.717, 1.165) is 30.2 Å². The maximum atomic E-state index is 12.5. The van der Waals surface area contributed by atoms with Crippen LogP contribution in [0.25, 0.3) is 0 Å². The summed E-state index contributed by atoms with van der Waals surface area (Å²) in [4.78, 5) is 12.5. The summed E-state index contributed by atoms with van der Waals surface area (Å²) in [5.41, 5.74) is 6.23. The van der Waals surface area contributed by atoms with Gasteiger partial charge >= 0.3 is 0 Å². The Morgan fingerprint density at radius 2 is 2.30 bits per heavy atom. The molecule has 1 aliphatic rings. The lowest BCUT2D eigenvalue weighted by atomic mass is 9.76. The van der Waals surface area contributed by atoms with Gasteiger partial charge in [-0.15, -0.1) is 0 Å². The monoisotopic (exact) mass is 340 g/mol. The Balaban J connectivity index is 2.15. The van der Waals surface area contributed by atoms with Gasteiger partial charge in [0, 0.05) is 10.5 Å². The summed E-state index contributed by atoms with van der Waals surface area (Å²) >= 11 is 3.43. The highest BCUT2D eigenvalue weighted by molar-refractivity contribution is 9.10. The maximum absolute atomic E-state index is 12.5. The van der Waals surface area contributed by atoms with Crippen LogP contribution in [0.4, 0.5) is 5.69 Å². The lowest BCUT2D eigenvalue weighted by Gasteiger charge is -2.35. The third-order valence-corrected chi connectivity index (χ3v) is 4.60. The summed E-state index contributed by atoms with van der Waals surface area (Å²) in [7, 11) is 1.60. The van der Waals surface area contributed by atoms with Gasteiger partial charge in [0.1, 0.15) is 5.75 Å². The Kier molecular flexibility index (Phi) is 4.70. The smallest absolute Gasteiger partial charge is 0.244 e. The predicted molar refractivity (Wildman–Crippen MR) is 83.9 cm³/mol. The van der Waals surface area contributed by atoms with Crippen molar-refractivity contribution in [2.24, 2.45) is 11.7 Å². The van der Waals surface area contributed by atoms with Gasteiger partial charge in [-0.3, -0.25) is 4.79 Å². The van der Waals surface area contributed by atoms with Crippen molar-refractivity contribution in [3.05, 3.63) is 22.7 Å². The zero-order valence-electron chi connectivity index (χ0n) is 11.9. The van der Waals surface area contributed by atoms with Crippen molar-refractivity contribution in [3.8, 4) is 5.75 Å². The van der Waals surface area contributed by atoms with E-state index in [1.807, 2.05) is 12.1 Å². The summed E-state index contributed by atoms with van der Waals surface area (Å²) in [5.74, 6) is 1.08. The Morgan fingerprint density at radius 1 is 1.55 bits per heavy atom. The van der Waals surface area contributed by atoms with Crippen LogP contribution < -0.4 is 15.8 Å². The molecule has 4 nitrogen and oxygen atoms in total. The number of nitrogens with one attached hydrogen (secondary N) is 1. The van der Waals surface area contributed by atoms with E-state index in [2.05, 4.69) is 28.2 Å². The fourth-order valence-corrected chi connectivity index (χ4v) is 3.12. The Labute approximate surface area is 128 Å². The first kappa shape index (κ1) is 15.3. The molecule has 2 atom stereocenters. The molecule has 20 heavy (non-hydrogen) atoms. The van der Waals surface area contributed by atoms with Gasteiger partial charge in [-0.2, -0.15) is 0 Å². The first-order valence-corrected chi connectivity index (χ1v) is 7.68. The van der Waals surface area contributed by atoms with Crippen molar-refractivity contribution in [2.45, 2.75) is 38.1 Å². The number of hydrogen-bond donors (Lipinski definition) is 2. The van der Waals surface area contributed by atoms with Gasteiger partial charge in [-0.05, 0) is 46.8 Å². The lowest BCUT2D eigenvalue weighted by molar-refractivity contribution is -0.122. The van der Waals surface area contributed by atoms with E-state index < -0.39 is 5.54 Å². The van der Waals surface area contributed by atoms with Crippen LogP contribution >= 0.6 is 15.9 Å². The average Bonchev–Trinajstić information content (AvgIpc) is 2.41. The van der Waals surface area contributed by atoms with Gasteiger partial charge in [0.2, 0.25) is 5.91 Å². The highest BCUT2D eigenvalue weighted by Gasteiger charge is 2.38. The molecule has 0 aliphatic heterocycles. The van der Waals surface area contributed by atoms with Gasteiger partial charge < -0.3 is 15.8 Å². The first-order chi connectivity index (χ1) is 9.44. The zero-order valence-corrected chi connectivity index (χ0v) is 13.5. The highest BCUT2D eigenvalue weighted by atomic mass is 79.9. The molecule has 0 radical (unpaired) electrons. The second kappa shape index (κ2) is 6.14. The number of methoxy groups -OCH3 is 1. The SMILES string of the molecule is COc1ccc(Br)c(NC(=O)C2(N)CCCC(C)C2)c1. The molecule has 3 N–H and O–H groups in total. The molecule has 2 unspecified atom stereocenters. The van der Waals surface area contributed by atoms with Crippen LogP contribution in [0, 0.1) is 5.92 Å². The fraction of sp³-hybridized carbons (Fsp3) is 0.533. The maximum Gasteiger partial charge on any atom is 0.244 e. The minimum Gasteiger partial charge on any atom is -0.497 e. The molecular weight excluding hydrogens is 320 g/mol. The molecule has 2 rings (SSSR count). The zero-order chi connectivity index (χ0) is 14.8. The number of carbonyl (C=O) groups excluding carboxylic acids is 1. The minimum absolute atomic E-state index is 0.113. The number of benzene rings is 1. The predicted octanol–water partition coefficient (Wildman–Crippen LogP) is 3.30. The van der Waals surface area contributed by atoms with Crippen LogP contribution in [-0.2, 0) is 4.79 Å².